The SMILES string of the molecule is O=C(Cc1ccc(NS(=O)(=O)c2cccs2)cc1)Nc1cccc([N+](=O)[O-])c1. The Labute approximate surface area is 165 Å². The number of carbonyl (C=O) groups excluding carboxylic acids is 1. The first-order valence-corrected chi connectivity index (χ1v) is 10.4. The quantitative estimate of drug-likeness (QED) is 0.449. The van der Waals surface area contributed by atoms with Gasteiger partial charge in [-0.05, 0) is 35.2 Å². The second-order valence-corrected chi connectivity index (χ2v) is 8.62. The van der Waals surface area contributed by atoms with E-state index in [4.69, 9.17) is 0 Å². The predicted molar refractivity (Wildman–Crippen MR) is 107 cm³/mol. The molecule has 2 N–H and O–H groups in total. The van der Waals surface area contributed by atoms with E-state index in [1.165, 1.54) is 24.3 Å². The summed E-state index contributed by atoms with van der Waals surface area (Å²) in [5, 5.41) is 15.1. The molecule has 1 aromatic heterocycles. The molecule has 0 aliphatic heterocycles. The monoisotopic (exact) mass is 417 g/mol. The molecule has 0 unspecified atom stereocenters. The molecule has 0 spiro atoms. The number of nitro groups is 1. The molecule has 0 aliphatic carbocycles. The Balaban J connectivity index is 1.62. The van der Waals surface area contributed by atoms with Crippen molar-refractivity contribution < 1.29 is 18.1 Å². The summed E-state index contributed by atoms with van der Waals surface area (Å²) in [6.07, 6.45) is 0.0423. The van der Waals surface area contributed by atoms with E-state index in [0.29, 0.717) is 16.9 Å². The second-order valence-electron chi connectivity index (χ2n) is 5.77. The summed E-state index contributed by atoms with van der Waals surface area (Å²) in [4.78, 5) is 22.4. The summed E-state index contributed by atoms with van der Waals surface area (Å²) in [5.74, 6) is -0.340. The molecule has 10 heteroatoms. The average molecular weight is 417 g/mol. The van der Waals surface area contributed by atoms with Crippen LogP contribution in [-0.2, 0) is 21.2 Å². The van der Waals surface area contributed by atoms with Crippen LogP contribution in [0.4, 0.5) is 17.1 Å². The van der Waals surface area contributed by atoms with Crippen molar-refractivity contribution in [2.24, 2.45) is 0 Å². The number of amides is 1. The van der Waals surface area contributed by atoms with Gasteiger partial charge in [0.25, 0.3) is 15.7 Å². The molecule has 0 saturated heterocycles. The number of anilines is 2. The minimum Gasteiger partial charge on any atom is -0.326 e. The number of carbonyl (C=O) groups is 1. The van der Waals surface area contributed by atoms with Gasteiger partial charge in [-0.2, -0.15) is 0 Å². The zero-order valence-corrected chi connectivity index (χ0v) is 16.0. The molecule has 3 aromatic rings. The lowest BCUT2D eigenvalue weighted by Crippen LogP contribution is -2.15. The van der Waals surface area contributed by atoms with Crippen molar-refractivity contribution in [3.05, 3.63) is 81.7 Å². The maximum atomic E-state index is 12.2. The van der Waals surface area contributed by atoms with Gasteiger partial charge < -0.3 is 5.32 Å². The number of nitro benzene ring substituents is 1. The van der Waals surface area contributed by atoms with E-state index in [2.05, 4.69) is 10.0 Å². The van der Waals surface area contributed by atoms with Gasteiger partial charge in [0.15, 0.2) is 0 Å². The van der Waals surface area contributed by atoms with E-state index >= 15 is 0 Å². The fourth-order valence-electron chi connectivity index (χ4n) is 2.40. The Morgan fingerprint density at radius 2 is 1.79 bits per heavy atom. The van der Waals surface area contributed by atoms with Crippen LogP contribution in [0.5, 0.6) is 0 Å². The molecule has 3 rings (SSSR count). The molecule has 1 amide bonds. The summed E-state index contributed by atoms with van der Waals surface area (Å²) in [7, 11) is -3.62. The standard InChI is InChI=1S/C18H15N3O5S2/c22-17(19-15-3-1-4-16(12-15)21(23)24)11-13-6-8-14(9-7-13)20-28(25,26)18-5-2-10-27-18/h1-10,12,20H,11H2,(H,19,22). The van der Waals surface area contributed by atoms with Crippen molar-refractivity contribution >= 4 is 44.3 Å². The van der Waals surface area contributed by atoms with Crippen LogP contribution in [0.15, 0.2) is 70.3 Å². The fraction of sp³-hybridized carbons (Fsp3) is 0.0556. The zero-order chi connectivity index (χ0) is 20.1. The van der Waals surface area contributed by atoms with Gasteiger partial charge in [-0.15, -0.1) is 11.3 Å². The molecule has 8 nitrogen and oxygen atoms in total. The summed E-state index contributed by atoms with van der Waals surface area (Å²) >= 11 is 1.12. The van der Waals surface area contributed by atoms with Crippen LogP contribution < -0.4 is 10.0 Å². The maximum absolute atomic E-state index is 12.2. The number of sulfonamides is 1. The summed E-state index contributed by atoms with van der Waals surface area (Å²) in [5.41, 5.74) is 1.28. The van der Waals surface area contributed by atoms with Crippen LogP contribution in [0.3, 0.4) is 0 Å². The number of benzene rings is 2. The third kappa shape index (κ3) is 4.93. The van der Waals surface area contributed by atoms with Crippen molar-refractivity contribution in [1.29, 1.82) is 0 Å². The zero-order valence-electron chi connectivity index (χ0n) is 14.4. The van der Waals surface area contributed by atoms with Crippen LogP contribution in [0.1, 0.15) is 5.56 Å². The van der Waals surface area contributed by atoms with Crippen LogP contribution >= 0.6 is 11.3 Å². The topological polar surface area (TPSA) is 118 Å². The lowest BCUT2D eigenvalue weighted by molar-refractivity contribution is -0.384. The Morgan fingerprint density at radius 1 is 1.04 bits per heavy atom. The third-order valence-electron chi connectivity index (χ3n) is 3.67. The van der Waals surface area contributed by atoms with E-state index in [1.807, 2.05) is 0 Å². The van der Waals surface area contributed by atoms with Gasteiger partial charge in [0, 0.05) is 23.5 Å². The summed E-state index contributed by atoms with van der Waals surface area (Å²) in [6.45, 7) is 0. The van der Waals surface area contributed by atoms with Gasteiger partial charge in [-0.3, -0.25) is 19.6 Å². The average Bonchev–Trinajstić information content (AvgIpc) is 3.19. The number of thiophene rings is 1. The van der Waals surface area contributed by atoms with E-state index in [-0.39, 0.29) is 22.2 Å². The number of nitrogens with zero attached hydrogens (tertiary/aromatic N) is 1. The van der Waals surface area contributed by atoms with Crippen molar-refractivity contribution in [3.63, 3.8) is 0 Å². The number of non-ortho nitro benzene ring substituents is 1. The van der Waals surface area contributed by atoms with Gasteiger partial charge in [-0.1, -0.05) is 24.3 Å². The number of hydrogen-bond donors (Lipinski definition) is 2. The first kappa shape index (κ1) is 19.5. The smallest absolute Gasteiger partial charge is 0.271 e. The highest BCUT2D eigenvalue weighted by Gasteiger charge is 2.15. The minimum atomic E-state index is -3.62. The van der Waals surface area contributed by atoms with Crippen LogP contribution in [0.25, 0.3) is 0 Å². The molecule has 0 fully saturated rings. The molecule has 0 saturated carbocycles. The van der Waals surface area contributed by atoms with Gasteiger partial charge in [0.05, 0.1) is 11.3 Å². The van der Waals surface area contributed by atoms with E-state index in [9.17, 15) is 23.3 Å². The Morgan fingerprint density at radius 3 is 2.43 bits per heavy atom. The molecule has 0 bridgehead atoms. The Bertz CT molecular complexity index is 1090. The molecule has 144 valence electrons. The number of hydrogen-bond acceptors (Lipinski definition) is 6. The van der Waals surface area contributed by atoms with Crippen molar-refractivity contribution in [3.8, 4) is 0 Å². The lowest BCUT2D eigenvalue weighted by atomic mass is 10.1. The molecular weight excluding hydrogens is 402 g/mol. The predicted octanol–water partition coefficient (Wildman–Crippen LogP) is 3.64. The van der Waals surface area contributed by atoms with Crippen LogP contribution in [-0.4, -0.2) is 19.2 Å². The van der Waals surface area contributed by atoms with E-state index in [0.717, 1.165) is 11.3 Å². The van der Waals surface area contributed by atoms with Crippen molar-refractivity contribution in [2.75, 3.05) is 10.0 Å². The van der Waals surface area contributed by atoms with Crippen molar-refractivity contribution in [1.82, 2.24) is 0 Å². The minimum absolute atomic E-state index is 0.0423. The molecule has 0 aliphatic rings. The number of nitrogens with one attached hydrogen (secondary N) is 2. The largest absolute Gasteiger partial charge is 0.326 e. The molecule has 1 heterocycles. The van der Waals surface area contributed by atoms with Gasteiger partial charge in [-0.25, -0.2) is 8.42 Å². The third-order valence-corrected chi connectivity index (χ3v) is 6.45. The van der Waals surface area contributed by atoms with Gasteiger partial charge in [0.1, 0.15) is 4.21 Å². The molecule has 2 aromatic carbocycles. The molecule has 0 radical (unpaired) electrons. The highest BCUT2D eigenvalue weighted by atomic mass is 32.2. The van der Waals surface area contributed by atoms with Crippen molar-refractivity contribution in [2.45, 2.75) is 10.6 Å². The van der Waals surface area contributed by atoms with E-state index in [1.54, 1.807) is 41.8 Å². The normalized spacial score (nSPS) is 11.0. The van der Waals surface area contributed by atoms with Crippen LogP contribution in [0, 0.1) is 10.1 Å². The highest BCUT2D eigenvalue weighted by Crippen LogP contribution is 2.21. The second kappa shape index (κ2) is 8.19. The molecule has 28 heavy (non-hydrogen) atoms. The van der Waals surface area contributed by atoms with E-state index < -0.39 is 14.9 Å². The lowest BCUT2D eigenvalue weighted by Gasteiger charge is -2.08. The molecular formula is C18H15N3O5S2. The van der Waals surface area contributed by atoms with Crippen LogP contribution in [0.2, 0.25) is 0 Å². The first-order valence-electron chi connectivity index (χ1n) is 8.03. The fourth-order valence-corrected chi connectivity index (χ4v) is 4.45. The summed E-state index contributed by atoms with van der Waals surface area (Å²) in [6, 6.07) is 15.3. The Kier molecular flexibility index (Phi) is 5.71. The van der Waals surface area contributed by atoms with Gasteiger partial charge >= 0.3 is 0 Å². The summed E-state index contributed by atoms with van der Waals surface area (Å²) < 4.78 is 27.1. The maximum Gasteiger partial charge on any atom is 0.271 e. The first-order chi connectivity index (χ1) is 13.3. The highest BCUT2D eigenvalue weighted by molar-refractivity contribution is 7.94. The molecule has 0 atom stereocenters. The number of rotatable bonds is 7. The van der Waals surface area contributed by atoms with Gasteiger partial charge in [0.2, 0.25) is 5.91 Å². The Hall–Kier alpha value is -3.24.